The minimum Gasteiger partial charge on any atom is -0.494 e. The third-order valence-corrected chi connectivity index (χ3v) is 5.52. The van der Waals surface area contributed by atoms with Crippen molar-refractivity contribution in [3.05, 3.63) is 79.4 Å². The molecule has 2 rings (SSSR count). The molecule has 0 atom stereocenters. The first-order chi connectivity index (χ1) is 20.0. The van der Waals surface area contributed by atoms with E-state index >= 15 is 0 Å². The lowest BCUT2D eigenvalue weighted by Gasteiger charge is -2.09. The van der Waals surface area contributed by atoms with Gasteiger partial charge in [0, 0.05) is 12.2 Å². The van der Waals surface area contributed by atoms with E-state index < -0.39 is 17.9 Å². The summed E-state index contributed by atoms with van der Waals surface area (Å²) in [6.07, 6.45) is 9.11. The predicted octanol–water partition coefficient (Wildman–Crippen LogP) is 6.11. The molecular formula is C31H38O10. The molecule has 0 radical (unpaired) electrons. The maximum Gasteiger partial charge on any atom is 0.365 e. The Morgan fingerprint density at radius 1 is 0.537 bits per heavy atom. The molecular weight excluding hydrogens is 532 g/mol. The molecule has 10 heteroatoms. The van der Waals surface area contributed by atoms with Crippen molar-refractivity contribution in [3.63, 3.8) is 0 Å². The zero-order valence-corrected chi connectivity index (χ0v) is 23.3. The average molecular weight is 571 g/mol. The van der Waals surface area contributed by atoms with Crippen LogP contribution in [-0.2, 0) is 29.1 Å². The van der Waals surface area contributed by atoms with Crippen LogP contribution in [0.5, 0.6) is 17.2 Å². The maximum atomic E-state index is 12.5. The maximum absolute atomic E-state index is 12.5. The Balaban J connectivity index is 1.55. The van der Waals surface area contributed by atoms with E-state index in [1.54, 1.807) is 48.5 Å². The van der Waals surface area contributed by atoms with Gasteiger partial charge in [-0.25, -0.2) is 14.4 Å². The summed E-state index contributed by atoms with van der Waals surface area (Å²) in [5, 5.41) is 0. The van der Waals surface area contributed by atoms with E-state index in [9.17, 15) is 14.4 Å². The smallest absolute Gasteiger partial charge is 0.365 e. The molecule has 222 valence electrons. The second kappa shape index (κ2) is 20.7. The Labute approximate surface area is 240 Å². The summed E-state index contributed by atoms with van der Waals surface area (Å²) in [6, 6.07) is 13.7. The van der Waals surface area contributed by atoms with E-state index in [0.29, 0.717) is 49.2 Å². The SMILES string of the molecule is C=CC(=O)OOCCCCCCOc1ccc(OC(=O)c2ccc(OCCCCCCOOC(=O)C=C)cc2)cc1. The van der Waals surface area contributed by atoms with Gasteiger partial charge < -0.3 is 14.2 Å². The highest BCUT2D eigenvalue weighted by molar-refractivity contribution is 5.91. The monoisotopic (exact) mass is 570 g/mol. The van der Waals surface area contributed by atoms with Gasteiger partial charge in [0.2, 0.25) is 0 Å². The fourth-order valence-corrected chi connectivity index (χ4v) is 3.34. The molecule has 2 aromatic rings. The predicted molar refractivity (Wildman–Crippen MR) is 150 cm³/mol. The Morgan fingerprint density at radius 2 is 0.927 bits per heavy atom. The number of benzene rings is 2. The molecule has 0 fully saturated rings. The fourth-order valence-electron chi connectivity index (χ4n) is 3.34. The standard InChI is InChI=1S/C31H38O10/c1-3-29(32)40-37-23-11-7-5-9-21-35-26-15-13-25(14-16-26)31(34)39-28-19-17-27(18-20-28)36-22-10-6-8-12-24-38-41-30(33)4-2/h3-4,13-20H,1-2,5-12,21-24H2. The first-order valence-corrected chi connectivity index (χ1v) is 13.6. The topological polar surface area (TPSA) is 116 Å². The quantitative estimate of drug-likeness (QED) is 0.0410. The third kappa shape index (κ3) is 15.3. The second-order valence-electron chi connectivity index (χ2n) is 8.77. The van der Waals surface area contributed by atoms with Crippen LogP contribution < -0.4 is 14.2 Å². The minimum absolute atomic E-state index is 0.341. The van der Waals surface area contributed by atoms with Crippen LogP contribution in [0.2, 0.25) is 0 Å². The molecule has 0 unspecified atom stereocenters. The molecule has 0 saturated heterocycles. The molecule has 0 heterocycles. The molecule has 0 aliphatic heterocycles. The molecule has 0 amide bonds. The number of rotatable bonds is 22. The van der Waals surface area contributed by atoms with Crippen molar-refractivity contribution in [1.29, 1.82) is 0 Å². The Kier molecular flexibility index (Phi) is 16.7. The third-order valence-electron chi connectivity index (χ3n) is 5.52. The summed E-state index contributed by atoms with van der Waals surface area (Å²) < 4.78 is 16.9. The lowest BCUT2D eigenvalue weighted by molar-refractivity contribution is -0.267. The summed E-state index contributed by atoms with van der Waals surface area (Å²) in [5.74, 6) is 0.111. The van der Waals surface area contributed by atoms with Crippen LogP contribution in [0.4, 0.5) is 0 Å². The summed E-state index contributed by atoms with van der Waals surface area (Å²) in [6.45, 7) is 8.36. The van der Waals surface area contributed by atoms with Crippen LogP contribution in [0.3, 0.4) is 0 Å². The number of esters is 1. The van der Waals surface area contributed by atoms with Crippen molar-refractivity contribution in [2.24, 2.45) is 0 Å². The number of hydrogen-bond donors (Lipinski definition) is 0. The van der Waals surface area contributed by atoms with E-state index in [-0.39, 0.29) is 0 Å². The summed E-state index contributed by atoms with van der Waals surface area (Å²) in [7, 11) is 0. The summed E-state index contributed by atoms with van der Waals surface area (Å²) in [4.78, 5) is 52.6. The largest absolute Gasteiger partial charge is 0.494 e. The van der Waals surface area contributed by atoms with Gasteiger partial charge in [0.1, 0.15) is 17.2 Å². The van der Waals surface area contributed by atoms with Crippen molar-refractivity contribution in [2.45, 2.75) is 51.4 Å². The summed E-state index contributed by atoms with van der Waals surface area (Å²) >= 11 is 0. The van der Waals surface area contributed by atoms with Crippen LogP contribution in [0.15, 0.2) is 73.8 Å². The van der Waals surface area contributed by atoms with E-state index in [1.165, 1.54) is 0 Å². The highest BCUT2D eigenvalue weighted by atomic mass is 17.2. The van der Waals surface area contributed by atoms with E-state index in [0.717, 1.165) is 63.5 Å². The minimum atomic E-state index is -0.603. The molecule has 10 nitrogen and oxygen atoms in total. The molecule has 0 aliphatic carbocycles. The highest BCUT2D eigenvalue weighted by Gasteiger charge is 2.09. The van der Waals surface area contributed by atoms with Gasteiger partial charge >= 0.3 is 17.9 Å². The van der Waals surface area contributed by atoms with E-state index in [2.05, 4.69) is 22.9 Å². The summed E-state index contributed by atoms with van der Waals surface area (Å²) in [5.41, 5.74) is 0.416. The van der Waals surface area contributed by atoms with Crippen LogP contribution in [0, 0.1) is 0 Å². The molecule has 0 spiro atoms. The Morgan fingerprint density at radius 3 is 1.37 bits per heavy atom. The van der Waals surface area contributed by atoms with Crippen molar-refractivity contribution in [3.8, 4) is 17.2 Å². The number of carbonyl (C=O) groups is 3. The molecule has 0 saturated carbocycles. The van der Waals surface area contributed by atoms with Crippen LogP contribution in [-0.4, -0.2) is 44.3 Å². The Hall–Kier alpha value is -4.15. The van der Waals surface area contributed by atoms with Crippen molar-refractivity contribution < 1.29 is 48.1 Å². The Bertz CT molecular complexity index is 1060. The molecule has 41 heavy (non-hydrogen) atoms. The van der Waals surface area contributed by atoms with Crippen molar-refractivity contribution in [1.82, 2.24) is 0 Å². The normalized spacial score (nSPS) is 10.3. The van der Waals surface area contributed by atoms with E-state index in [1.807, 2.05) is 0 Å². The molecule has 0 N–H and O–H groups in total. The van der Waals surface area contributed by atoms with Gasteiger partial charge in [-0.2, -0.15) is 9.78 Å². The average Bonchev–Trinajstić information content (AvgIpc) is 3.00. The lowest BCUT2D eigenvalue weighted by atomic mass is 10.2. The van der Waals surface area contributed by atoms with Gasteiger partial charge in [0.15, 0.2) is 0 Å². The highest BCUT2D eigenvalue weighted by Crippen LogP contribution is 2.20. The van der Waals surface area contributed by atoms with Gasteiger partial charge in [-0.05, 0) is 87.1 Å². The number of unbranched alkanes of at least 4 members (excludes halogenated alkanes) is 6. The van der Waals surface area contributed by atoms with Gasteiger partial charge in [-0.1, -0.05) is 26.0 Å². The van der Waals surface area contributed by atoms with Gasteiger partial charge in [-0.15, -0.1) is 0 Å². The van der Waals surface area contributed by atoms with Crippen molar-refractivity contribution in [2.75, 3.05) is 26.4 Å². The van der Waals surface area contributed by atoms with Crippen LogP contribution in [0.25, 0.3) is 0 Å². The molecule has 0 aromatic heterocycles. The second-order valence-corrected chi connectivity index (χ2v) is 8.77. The first kappa shape index (κ1) is 33.1. The molecule has 0 aliphatic rings. The van der Waals surface area contributed by atoms with Gasteiger partial charge in [-0.3, -0.25) is 9.78 Å². The molecule has 2 aromatic carbocycles. The van der Waals surface area contributed by atoms with Gasteiger partial charge in [0.05, 0.1) is 32.0 Å². The number of hydrogen-bond acceptors (Lipinski definition) is 10. The first-order valence-electron chi connectivity index (χ1n) is 13.6. The lowest BCUT2D eigenvalue weighted by Crippen LogP contribution is -2.08. The zero-order valence-electron chi connectivity index (χ0n) is 23.3. The number of ether oxygens (including phenoxy) is 3. The van der Waals surface area contributed by atoms with Crippen LogP contribution in [0.1, 0.15) is 61.7 Å². The molecule has 0 bridgehead atoms. The zero-order chi connectivity index (χ0) is 29.5. The van der Waals surface area contributed by atoms with Gasteiger partial charge in [0.25, 0.3) is 0 Å². The fraction of sp³-hybridized carbons (Fsp3) is 0.387. The van der Waals surface area contributed by atoms with Crippen LogP contribution >= 0.6 is 0 Å². The van der Waals surface area contributed by atoms with E-state index in [4.69, 9.17) is 24.0 Å². The number of carbonyl (C=O) groups excluding carboxylic acids is 3. The van der Waals surface area contributed by atoms with Crippen molar-refractivity contribution >= 4 is 17.9 Å².